The first-order valence-electron chi connectivity index (χ1n) is 10.3. The number of hydrogen-bond acceptors (Lipinski definition) is 4. The molecule has 1 aromatic carbocycles. The Hall–Kier alpha value is -2.89. The molecule has 1 aliphatic heterocycles. The molecule has 2 N–H and O–H groups in total. The van der Waals surface area contributed by atoms with Crippen molar-refractivity contribution in [1.82, 2.24) is 15.6 Å². The summed E-state index contributed by atoms with van der Waals surface area (Å²) in [7, 11) is 0. The van der Waals surface area contributed by atoms with Gasteiger partial charge in [-0.1, -0.05) is 44.2 Å². The van der Waals surface area contributed by atoms with Crippen LogP contribution in [0.1, 0.15) is 37.8 Å². The molecule has 6 nitrogen and oxygen atoms in total. The van der Waals surface area contributed by atoms with Crippen LogP contribution in [-0.2, 0) is 22.6 Å². The van der Waals surface area contributed by atoms with Crippen LogP contribution in [0.25, 0.3) is 0 Å². The van der Waals surface area contributed by atoms with Gasteiger partial charge in [-0.25, -0.2) is 4.98 Å². The number of pyridine rings is 1. The Morgan fingerprint density at radius 2 is 1.79 bits per heavy atom. The standard InChI is InChI=1S/C23H30N4O2/c1-17(2)22(26-21(28)15-18-8-4-3-5-9-18)23(29)25-16-19-10-11-24-20(14-19)27-12-6-7-13-27/h3-5,8-11,14,17,22H,6-7,12-13,15-16H2,1-2H3,(H,25,29)(H,26,28). The molecule has 0 aliphatic carbocycles. The molecule has 6 heteroatoms. The first kappa shape index (κ1) is 20.8. The monoisotopic (exact) mass is 394 g/mol. The fourth-order valence-electron chi connectivity index (χ4n) is 3.53. The van der Waals surface area contributed by atoms with Gasteiger partial charge in [0.05, 0.1) is 6.42 Å². The quantitative estimate of drug-likeness (QED) is 0.722. The minimum Gasteiger partial charge on any atom is -0.357 e. The van der Waals surface area contributed by atoms with Gasteiger partial charge in [0.15, 0.2) is 0 Å². The molecule has 1 saturated heterocycles. The molecule has 2 aromatic rings. The number of nitrogens with one attached hydrogen (secondary N) is 2. The highest BCUT2D eigenvalue weighted by Gasteiger charge is 2.24. The first-order chi connectivity index (χ1) is 14.0. The zero-order chi connectivity index (χ0) is 20.6. The number of carbonyl (C=O) groups excluding carboxylic acids is 2. The first-order valence-corrected chi connectivity index (χ1v) is 10.3. The van der Waals surface area contributed by atoms with Crippen molar-refractivity contribution in [2.45, 2.75) is 45.7 Å². The van der Waals surface area contributed by atoms with E-state index in [4.69, 9.17) is 0 Å². The highest BCUT2D eigenvalue weighted by molar-refractivity contribution is 5.88. The van der Waals surface area contributed by atoms with Crippen LogP contribution in [0.5, 0.6) is 0 Å². The van der Waals surface area contributed by atoms with E-state index >= 15 is 0 Å². The Labute approximate surface area is 172 Å². The summed E-state index contributed by atoms with van der Waals surface area (Å²) in [5.41, 5.74) is 1.94. The molecule has 0 radical (unpaired) electrons. The molecular formula is C23H30N4O2. The van der Waals surface area contributed by atoms with Crippen molar-refractivity contribution in [2.75, 3.05) is 18.0 Å². The lowest BCUT2D eigenvalue weighted by atomic mass is 10.0. The molecule has 1 fully saturated rings. The van der Waals surface area contributed by atoms with E-state index < -0.39 is 6.04 Å². The second-order valence-corrected chi connectivity index (χ2v) is 7.89. The largest absolute Gasteiger partial charge is 0.357 e. The van der Waals surface area contributed by atoms with Gasteiger partial charge in [0.1, 0.15) is 11.9 Å². The van der Waals surface area contributed by atoms with E-state index in [0.29, 0.717) is 6.54 Å². The molecule has 0 saturated carbocycles. The molecule has 1 aliphatic rings. The van der Waals surface area contributed by atoms with Gasteiger partial charge in [-0.3, -0.25) is 9.59 Å². The maximum absolute atomic E-state index is 12.7. The summed E-state index contributed by atoms with van der Waals surface area (Å²) >= 11 is 0. The Balaban J connectivity index is 1.55. The highest BCUT2D eigenvalue weighted by atomic mass is 16.2. The van der Waals surface area contributed by atoms with Gasteiger partial charge in [-0.2, -0.15) is 0 Å². The second-order valence-electron chi connectivity index (χ2n) is 7.89. The van der Waals surface area contributed by atoms with E-state index in [9.17, 15) is 9.59 Å². The second kappa shape index (κ2) is 10.0. The minimum absolute atomic E-state index is 0.00711. The zero-order valence-corrected chi connectivity index (χ0v) is 17.2. The summed E-state index contributed by atoms with van der Waals surface area (Å²) in [6, 6.07) is 12.9. The molecule has 154 valence electrons. The van der Waals surface area contributed by atoms with E-state index in [1.165, 1.54) is 12.8 Å². The lowest BCUT2D eigenvalue weighted by Crippen LogP contribution is -2.49. The summed E-state index contributed by atoms with van der Waals surface area (Å²) in [4.78, 5) is 31.8. The Morgan fingerprint density at radius 1 is 1.07 bits per heavy atom. The molecular weight excluding hydrogens is 364 g/mol. The molecule has 29 heavy (non-hydrogen) atoms. The van der Waals surface area contributed by atoms with Crippen LogP contribution in [-0.4, -0.2) is 35.9 Å². The lowest BCUT2D eigenvalue weighted by molar-refractivity contribution is -0.129. The van der Waals surface area contributed by atoms with E-state index in [-0.39, 0.29) is 24.2 Å². The fourth-order valence-corrected chi connectivity index (χ4v) is 3.53. The summed E-state index contributed by atoms with van der Waals surface area (Å²) in [6.07, 6.45) is 4.44. The summed E-state index contributed by atoms with van der Waals surface area (Å²) in [6.45, 7) is 6.35. The smallest absolute Gasteiger partial charge is 0.243 e. The van der Waals surface area contributed by atoms with Gasteiger partial charge in [-0.05, 0) is 42.0 Å². The van der Waals surface area contributed by atoms with Crippen molar-refractivity contribution < 1.29 is 9.59 Å². The van der Waals surface area contributed by atoms with E-state index in [0.717, 1.165) is 30.0 Å². The number of nitrogens with zero attached hydrogens (tertiary/aromatic N) is 2. The van der Waals surface area contributed by atoms with Crippen LogP contribution in [0.4, 0.5) is 5.82 Å². The van der Waals surface area contributed by atoms with Gasteiger partial charge in [0.2, 0.25) is 11.8 Å². The molecule has 2 heterocycles. The van der Waals surface area contributed by atoms with Crippen LogP contribution in [0.3, 0.4) is 0 Å². The molecule has 3 rings (SSSR count). The van der Waals surface area contributed by atoms with Crippen molar-refractivity contribution in [2.24, 2.45) is 5.92 Å². The highest BCUT2D eigenvalue weighted by Crippen LogP contribution is 2.18. The normalized spacial score (nSPS) is 14.7. The van der Waals surface area contributed by atoms with Crippen LogP contribution in [0.15, 0.2) is 48.7 Å². The molecule has 2 amide bonds. The van der Waals surface area contributed by atoms with Gasteiger partial charge in [0.25, 0.3) is 0 Å². The van der Waals surface area contributed by atoms with Gasteiger partial charge >= 0.3 is 0 Å². The van der Waals surface area contributed by atoms with Crippen molar-refractivity contribution >= 4 is 17.6 Å². The van der Waals surface area contributed by atoms with Gasteiger partial charge < -0.3 is 15.5 Å². The van der Waals surface area contributed by atoms with Gasteiger partial charge in [0, 0.05) is 25.8 Å². The minimum atomic E-state index is -0.564. The number of benzene rings is 1. The van der Waals surface area contributed by atoms with E-state index in [1.54, 1.807) is 6.20 Å². The Bertz CT molecular complexity index is 817. The number of hydrogen-bond donors (Lipinski definition) is 2. The summed E-state index contributed by atoms with van der Waals surface area (Å²) in [5.74, 6) is 0.643. The Morgan fingerprint density at radius 3 is 2.48 bits per heavy atom. The molecule has 1 atom stereocenters. The third-order valence-electron chi connectivity index (χ3n) is 5.18. The third kappa shape index (κ3) is 6.04. The average molecular weight is 395 g/mol. The topological polar surface area (TPSA) is 74.3 Å². The lowest BCUT2D eigenvalue weighted by Gasteiger charge is -2.22. The van der Waals surface area contributed by atoms with Gasteiger partial charge in [-0.15, -0.1) is 0 Å². The van der Waals surface area contributed by atoms with E-state index in [2.05, 4.69) is 20.5 Å². The van der Waals surface area contributed by atoms with E-state index in [1.807, 2.05) is 56.3 Å². The molecule has 1 aromatic heterocycles. The van der Waals surface area contributed by atoms with Crippen LogP contribution in [0.2, 0.25) is 0 Å². The predicted octanol–water partition coefficient (Wildman–Crippen LogP) is 2.68. The molecule has 0 spiro atoms. The van der Waals surface area contributed by atoms with Crippen molar-refractivity contribution in [3.63, 3.8) is 0 Å². The molecule has 1 unspecified atom stereocenters. The fraction of sp³-hybridized carbons (Fsp3) is 0.435. The molecule has 0 bridgehead atoms. The Kier molecular flexibility index (Phi) is 7.22. The number of anilines is 1. The summed E-state index contributed by atoms with van der Waals surface area (Å²) < 4.78 is 0. The van der Waals surface area contributed by atoms with Crippen LogP contribution < -0.4 is 15.5 Å². The van der Waals surface area contributed by atoms with Crippen molar-refractivity contribution in [1.29, 1.82) is 0 Å². The predicted molar refractivity (Wildman–Crippen MR) is 114 cm³/mol. The average Bonchev–Trinajstić information content (AvgIpc) is 3.26. The number of amides is 2. The SMILES string of the molecule is CC(C)C(NC(=O)Cc1ccccc1)C(=O)NCc1ccnc(N2CCCC2)c1. The maximum Gasteiger partial charge on any atom is 0.243 e. The van der Waals surface area contributed by atoms with Crippen molar-refractivity contribution in [3.8, 4) is 0 Å². The number of rotatable bonds is 8. The number of aromatic nitrogens is 1. The van der Waals surface area contributed by atoms with Crippen LogP contribution >= 0.6 is 0 Å². The summed E-state index contributed by atoms with van der Waals surface area (Å²) in [5, 5.41) is 5.85. The van der Waals surface area contributed by atoms with Crippen LogP contribution in [0, 0.1) is 5.92 Å². The number of carbonyl (C=O) groups is 2. The maximum atomic E-state index is 12.7. The third-order valence-corrected chi connectivity index (χ3v) is 5.18. The van der Waals surface area contributed by atoms with Crippen molar-refractivity contribution in [3.05, 3.63) is 59.8 Å². The zero-order valence-electron chi connectivity index (χ0n) is 17.2.